The number of carbonyl (C=O) groups is 1. The van der Waals surface area contributed by atoms with Gasteiger partial charge >= 0.3 is 6.03 Å². The van der Waals surface area contributed by atoms with Gasteiger partial charge in [-0.2, -0.15) is 0 Å². The topological polar surface area (TPSA) is 75.3 Å². The van der Waals surface area contributed by atoms with Gasteiger partial charge in [0.2, 0.25) is 5.75 Å². The summed E-state index contributed by atoms with van der Waals surface area (Å²) in [5.74, 6) is 1.42. The number of nitrogens with one attached hydrogen (secondary N) is 2. The molecule has 1 aliphatic rings. The summed E-state index contributed by atoms with van der Waals surface area (Å²) in [5, 5.41) is 5.98. The summed E-state index contributed by atoms with van der Waals surface area (Å²) in [7, 11) is 8.70. The summed E-state index contributed by atoms with van der Waals surface area (Å²) in [6.07, 6.45) is 0.986. The maximum Gasteiger partial charge on any atom is 0.319 e. The predicted molar refractivity (Wildman–Crippen MR) is 147 cm³/mol. The molecule has 0 saturated heterocycles. The van der Waals surface area contributed by atoms with Gasteiger partial charge in [-0.1, -0.05) is 36.4 Å². The zero-order chi connectivity index (χ0) is 26.4. The number of anilines is 2. The van der Waals surface area contributed by atoms with Gasteiger partial charge in [0.05, 0.1) is 33.1 Å². The minimum absolute atomic E-state index is 0.0234. The maximum atomic E-state index is 13.0. The van der Waals surface area contributed by atoms with Gasteiger partial charge in [-0.15, -0.1) is 0 Å². The zero-order valence-corrected chi connectivity index (χ0v) is 22.2. The maximum absolute atomic E-state index is 13.0. The van der Waals surface area contributed by atoms with E-state index >= 15 is 0 Å². The van der Waals surface area contributed by atoms with Crippen molar-refractivity contribution in [2.24, 2.45) is 0 Å². The van der Waals surface area contributed by atoms with Crippen LogP contribution in [0.5, 0.6) is 17.2 Å². The second-order valence-electron chi connectivity index (χ2n) is 9.24. The van der Waals surface area contributed by atoms with Gasteiger partial charge in [0, 0.05) is 51.5 Å². The molecule has 3 aromatic rings. The summed E-state index contributed by atoms with van der Waals surface area (Å²) in [4.78, 5) is 17.5. The minimum atomic E-state index is -0.304. The quantitative estimate of drug-likeness (QED) is 0.440. The Morgan fingerprint density at radius 2 is 1.59 bits per heavy atom. The number of methoxy groups -OCH3 is 3. The van der Waals surface area contributed by atoms with E-state index in [1.807, 2.05) is 14.1 Å². The Balaban J connectivity index is 1.51. The molecule has 2 N–H and O–H groups in total. The molecule has 1 aliphatic heterocycles. The monoisotopic (exact) mass is 504 g/mol. The molecule has 0 aliphatic carbocycles. The highest BCUT2D eigenvalue weighted by atomic mass is 16.5. The molecular formula is C29H36N4O4. The van der Waals surface area contributed by atoms with Crippen LogP contribution in [0.2, 0.25) is 0 Å². The smallest absolute Gasteiger partial charge is 0.319 e. The first-order valence-corrected chi connectivity index (χ1v) is 12.4. The summed E-state index contributed by atoms with van der Waals surface area (Å²) in [5.41, 5.74) is 5.59. The van der Waals surface area contributed by atoms with Crippen molar-refractivity contribution in [3.8, 4) is 17.2 Å². The van der Waals surface area contributed by atoms with Gasteiger partial charge < -0.3 is 29.7 Å². The molecule has 196 valence electrons. The van der Waals surface area contributed by atoms with Crippen molar-refractivity contribution in [3.05, 3.63) is 77.4 Å². The summed E-state index contributed by atoms with van der Waals surface area (Å²) < 4.78 is 16.2. The molecule has 4 rings (SSSR count). The van der Waals surface area contributed by atoms with Crippen LogP contribution in [0.25, 0.3) is 0 Å². The largest absolute Gasteiger partial charge is 0.493 e. The van der Waals surface area contributed by atoms with Crippen LogP contribution in [0.4, 0.5) is 16.2 Å². The Bertz CT molecular complexity index is 1190. The van der Waals surface area contributed by atoms with E-state index < -0.39 is 0 Å². The first kappa shape index (κ1) is 26.2. The van der Waals surface area contributed by atoms with Crippen LogP contribution < -0.4 is 29.7 Å². The first-order valence-electron chi connectivity index (χ1n) is 12.4. The van der Waals surface area contributed by atoms with Crippen molar-refractivity contribution in [1.82, 2.24) is 10.2 Å². The third-order valence-corrected chi connectivity index (χ3v) is 6.77. The number of rotatable bonds is 9. The lowest BCUT2D eigenvalue weighted by Crippen LogP contribution is -2.41. The lowest BCUT2D eigenvalue weighted by molar-refractivity contribution is 0.175. The summed E-state index contributed by atoms with van der Waals surface area (Å²) in [6.45, 7) is 2.22. The van der Waals surface area contributed by atoms with Crippen molar-refractivity contribution in [1.29, 1.82) is 0 Å². The van der Waals surface area contributed by atoms with E-state index in [9.17, 15) is 4.79 Å². The van der Waals surface area contributed by atoms with Crippen molar-refractivity contribution in [2.45, 2.75) is 19.0 Å². The third-order valence-electron chi connectivity index (χ3n) is 6.77. The average molecular weight is 505 g/mol. The van der Waals surface area contributed by atoms with Gasteiger partial charge in [-0.05, 0) is 35.2 Å². The van der Waals surface area contributed by atoms with Crippen molar-refractivity contribution in [3.63, 3.8) is 0 Å². The molecule has 2 amide bonds. The molecule has 37 heavy (non-hydrogen) atoms. The van der Waals surface area contributed by atoms with Gasteiger partial charge in [-0.3, -0.25) is 4.90 Å². The summed E-state index contributed by atoms with van der Waals surface area (Å²) >= 11 is 0. The SMILES string of the molecule is COc1cc(NC(=O)NCC(c2ccc(N(C)C)cc2)N2CCc3ccccc3C2)cc(OC)c1OC. The molecule has 0 aromatic heterocycles. The number of ether oxygens (including phenoxy) is 3. The van der Waals surface area contributed by atoms with Crippen LogP contribution in [0, 0.1) is 0 Å². The number of hydrogen-bond acceptors (Lipinski definition) is 6. The Morgan fingerprint density at radius 1 is 0.946 bits per heavy atom. The molecule has 0 saturated carbocycles. The molecule has 1 heterocycles. The average Bonchev–Trinajstić information content (AvgIpc) is 2.92. The molecule has 0 fully saturated rings. The number of hydrogen-bond donors (Lipinski definition) is 2. The molecule has 0 spiro atoms. The Morgan fingerprint density at radius 3 is 2.19 bits per heavy atom. The van der Waals surface area contributed by atoms with Crippen LogP contribution in [0.3, 0.4) is 0 Å². The van der Waals surface area contributed by atoms with Crippen LogP contribution in [-0.4, -0.2) is 59.4 Å². The first-order chi connectivity index (χ1) is 17.9. The molecule has 0 radical (unpaired) electrons. The van der Waals surface area contributed by atoms with Gasteiger partial charge in [0.15, 0.2) is 11.5 Å². The van der Waals surface area contributed by atoms with Crippen molar-refractivity contribution < 1.29 is 19.0 Å². The number of amides is 2. The van der Waals surface area contributed by atoms with Gasteiger partial charge in [0.1, 0.15) is 0 Å². The van der Waals surface area contributed by atoms with E-state index in [4.69, 9.17) is 14.2 Å². The fourth-order valence-corrected chi connectivity index (χ4v) is 4.75. The van der Waals surface area contributed by atoms with E-state index in [0.717, 1.165) is 30.8 Å². The number of fused-ring (bicyclic) bond motifs is 1. The van der Waals surface area contributed by atoms with Gasteiger partial charge in [0.25, 0.3) is 0 Å². The van der Waals surface area contributed by atoms with Crippen LogP contribution in [-0.2, 0) is 13.0 Å². The van der Waals surface area contributed by atoms with Crippen molar-refractivity contribution in [2.75, 3.05) is 58.7 Å². The van der Waals surface area contributed by atoms with E-state index in [0.29, 0.717) is 29.5 Å². The van der Waals surface area contributed by atoms with E-state index in [-0.39, 0.29) is 12.1 Å². The number of nitrogens with zero attached hydrogens (tertiary/aromatic N) is 2. The lowest BCUT2D eigenvalue weighted by atomic mass is 9.96. The number of benzene rings is 3. The second kappa shape index (κ2) is 11.9. The van der Waals surface area contributed by atoms with Gasteiger partial charge in [-0.25, -0.2) is 4.79 Å². The Kier molecular flexibility index (Phi) is 8.40. The minimum Gasteiger partial charge on any atom is -0.493 e. The molecule has 1 atom stereocenters. The van der Waals surface area contributed by atoms with E-state index in [1.165, 1.54) is 11.1 Å². The highest BCUT2D eigenvalue weighted by molar-refractivity contribution is 5.90. The van der Waals surface area contributed by atoms with Crippen LogP contribution in [0.15, 0.2) is 60.7 Å². The predicted octanol–water partition coefficient (Wildman–Crippen LogP) is 4.70. The molecule has 1 unspecified atom stereocenters. The lowest BCUT2D eigenvalue weighted by Gasteiger charge is -2.36. The Labute approximate surface area is 219 Å². The fraction of sp³-hybridized carbons (Fsp3) is 0.345. The van der Waals surface area contributed by atoms with Crippen LogP contribution >= 0.6 is 0 Å². The molecule has 8 heteroatoms. The highest BCUT2D eigenvalue weighted by Crippen LogP contribution is 2.40. The number of carbonyl (C=O) groups excluding carboxylic acids is 1. The third kappa shape index (κ3) is 6.09. The summed E-state index contributed by atoms with van der Waals surface area (Å²) in [6, 6.07) is 20.3. The molecule has 8 nitrogen and oxygen atoms in total. The molecule has 0 bridgehead atoms. The Hall–Kier alpha value is -3.91. The fourth-order valence-electron chi connectivity index (χ4n) is 4.75. The highest BCUT2D eigenvalue weighted by Gasteiger charge is 2.25. The van der Waals surface area contributed by atoms with E-state index in [1.54, 1.807) is 33.5 Å². The van der Waals surface area contributed by atoms with E-state index in [2.05, 4.69) is 69.0 Å². The molecular weight excluding hydrogens is 468 g/mol. The van der Waals surface area contributed by atoms with Crippen molar-refractivity contribution >= 4 is 17.4 Å². The standard InChI is InChI=1S/C29H36N4O4/c1-32(2)24-12-10-21(11-13-24)25(33-15-14-20-8-6-7-9-22(20)19-33)18-30-29(34)31-23-16-26(35-3)28(37-5)27(17-23)36-4/h6-13,16-17,25H,14-15,18-19H2,1-5H3,(H2,30,31,34). The number of urea groups is 1. The zero-order valence-electron chi connectivity index (χ0n) is 22.2. The van der Waals surface area contributed by atoms with Crippen LogP contribution in [0.1, 0.15) is 22.7 Å². The normalized spacial score (nSPS) is 13.8. The second-order valence-corrected chi connectivity index (χ2v) is 9.24. The molecule has 3 aromatic carbocycles.